The SMILES string of the molecule is CCN(CC)C(=O)[C@@H]1C=C2c3cccc4c(F)cn(c34)C[C@H]2N(C)C1. The van der Waals surface area contributed by atoms with Gasteiger partial charge in [0.25, 0.3) is 0 Å². The predicted octanol–water partition coefficient (Wildman–Crippen LogP) is 2.98. The number of halogens is 1. The maximum Gasteiger partial charge on any atom is 0.230 e. The lowest BCUT2D eigenvalue weighted by molar-refractivity contribution is -0.134. The van der Waals surface area contributed by atoms with Crippen LogP contribution in [0.3, 0.4) is 0 Å². The molecule has 0 N–H and O–H groups in total. The Kier molecular flexibility index (Phi) is 3.91. The lowest BCUT2D eigenvalue weighted by atomic mass is 9.85. The Morgan fingerprint density at radius 2 is 2.04 bits per heavy atom. The van der Waals surface area contributed by atoms with E-state index in [2.05, 4.69) is 18.0 Å². The van der Waals surface area contributed by atoms with E-state index in [1.165, 1.54) is 0 Å². The lowest BCUT2D eigenvalue weighted by Gasteiger charge is -2.40. The van der Waals surface area contributed by atoms with Gasteiger partial charge in [0.15, 0.2) is 0 Å². The second-order valence-corrected chi connectivity index (χ2v) is 7.03. The van der Waals surface area contributed by atoms with E-state index >= 15 is 0 Å². The average Bonchev–Trinajstić information content (AvgIpc) is 2.94. The van der Waals surface area contributed by atoms with Crippen molar-refractivity contribution in [3.63, 3.8) is 0 Å². The molecular formula is C20H24FN3O. The highest BCUT2D eigenvalue weighted by molar-refractivity contribution is 5.96. The van der Waals surface area contributed by atoms with Crippen molar-refractivity contribution in [1.82, 2.24) is 14.4 Å². The van der Waals surface area contributed by atoms with Crippen LogP contribution in [0.15, 0.2) is 30.5 Å². The summed E-state index contributed by atoms with van der Waals surface area (Å²) in [4.78, 5) is 17.0. The molecule has 25 heavy (non-hydrogen) atoms. The first kappa shape index (κ1) is 16.3. The Hall–Kier alpha value is -2.14. The number of rotatable bonds is 3. The van der Waals surface area contributed by atoms with E-state index in [0.717, 1.165) is 36.3 Å². The number of benzene rings is 1. The summed E-state index contributed by atoms with van der Waals surface area (Å²) in [7, 11) is 2.06. The fourth-order valence-corrected chi connectivity index (χ4v) is 4.36. The molecule has 5 heteroatoms. The Balaban J connectivity index is 1.82. The molecule has 0 aliphatic carbocycles. The molecule has 1 aromatic heterocycles. The number of para-hydroxylation sites is 1. The van der Waals surface area contributed by atoms with E-state index in [1.807, 2.05) is 41.5 Å². The third-order valence-electron chi connectivity index (χ3n) is 5.68. The Labute approximate surface area is 147 Å². The van der Waals surface area contributed by atoms with Crippen molar-refractivity contribution in [1.29, 1.82) is 0 Å². The Morgan fingerprint density at radius 3 is 2.76 bits per heavy atom. The van der Waals surface area contributed by atoms with Crippen LogP contribution in [0.4, 0.5) is 4.39 Å². The van der Waals surface area contributed by atoms with Crippen molar-refractivity contribution in [2.24, 2.45) is 5.92 Å². The first-order valence-corrected chi connectivity index (χ1v) is 9.03. The average molecular weight is 341 g/mol. The first-order valence-electron chi connectivity index (χ1n) is 9.03. The normalized spacial score (nSPS) is 22.6. The molecule has 2 aliphatic heterocycles. The van der Waals surface area contributed by atoms with Gasteiger partial charge in [-0.3, -0.25) is 9.69 Å². The van der Waals surface area contributed by atoms with E-state index in [-0.39, 0.29) is 23.7 Å². The van der Waals surface area contributed by atoms with E-state index in [0.29, 0.717) is 11.9 Å². The van der Waals surface area contributed by atoms with Crippen LogP contribution in [-0.2, 0) is 11.3 Å². The summed E-state index contributed by atoms with van der Waals surface area (Å²) in [6, 6.07) is 5.97. The first-order chi connectivity index (χ1) is 12.0. The highest BCUT2D eigenvalue weighted by Crippen LogP contribution is 2.39. The summed E-state index contributed by atoms with van der Waals surface area (Å²) in [6.45, 7) is 6.92. The lowest BCUT2D eigenvalue weighted by Crippen LogP contribution is -2.48. The number of carbonyl (C=O) groups excluding carboxylic acids is 1. The number of nitrogens with zero attached hydrogens (tertiary/aromatic N) is 3. The van der Waals surface area contributed by atoms with E-state index in [4.69, 9.17) is 0 Å². The van der Waals surface area contributed by atoms with Crippen LogP contribution in [0.5, 0.6) is 0 Å². The molecule has 0 spiro atoms. The van der Waals surface area contributed by atoms with Crippen LogP contribution in [0.2, 0.25) is 0 Å². The monoisotopic (exact) mass is 341 g/mol. The number of aromatic nitrogens is 1. The summed E-state index contributed by atoms with van der Waals surface area (Å²) in [6.07, 6.45) is 3.74. The minimum Gasteiger partial charge on any atom is -0.343 e. The zero-order chi connectivity index (χ0) is 17.7. The molecule has 0 radical (unpaired) electrons. The summed E-state index contributed by atoms with van der Waals surface area (Å²) in [5, 5.41) is 0.664. The van der Waals surface area contributed by atoms with Gasteiger partial charge < -0.3 is 9.47 Å². The smallest absolute Gasteiger partial charge is 0.230 e. The van der Waals surface area contributed by atoms with Crippen LogP contribution >= 0.6 is 0 Å². The van der Waals surface area contributed by atoms with Crippen molar-refractivity contribution in [2.45, 2.75) is 26.4 Å². The summed E-state index contributed by atoms with van der Waals surface area (Å²) >= 11 is 0. The fourth-order valence-electron chi connectivity index (χ4n) is 4.36. The predicted molar refractivity (Wildman–Crippen MR) is 97.7 cm³/mol. The molecule has 0 bridgehead atoms. The zero-order valence-electron chi connectivity index (χ0n) is 15.0. The summed E-state index contributed by atoms with van der Waals surface area (Å²) in [5.74, 6) is -0.130. The Morgan fingerprint density at radius 1 is 1.28 bits per heavy atom. The van der Waals surface area contributed by atoms with Gasteiger partial charge in [0, 0.05) is 43.3 Å². The van der Waals surface area contributed by atoms with Crippen LogP contribution in [0.25, 0.3) is 16.5 Å². The maximum atomic E-state index is 14.3. The van der Waals surface area contributed by atoms with Gasteiger partial charge in [-0.05, 0) is 32.5 Å². The molecule has 0 saturated heterocycles. The maximum absolute atomic E-state index is 14.3. The van der Waals surface area contributed by atoms with E-state index in [1.54, 1.807) is 6.20 Å². The third-order valence-corrected chi connectivity index (χ3v) is 5.68. The molecule has 1 aromatic carbocycles. The minimum atomic E-state index is -0.172. The van der Waals surface area contributed by atoms with Crippen molar-refractivity contribution in [3.05, 3.63) is 41.9 Å². The van der Waals surface area contributed by atoms with Crippen LogP contribution in [0.1, 0.15) is 19.4 Å². The quantitative estimate of drug-likeness (QED) is 0.859. The summed E-state index contributed by atoms with van der Waals surface area (Å²) < 4.78 is 16.3. The van der Waals surface area contributed by atoms with Gasteiger partial charge in [0.1, 0.15) is 5.82 Å². The van der Waals surface area contributed by atoms with Gasteiger partial charge >= 0.3 is 0 Å². The van der Waals surface area contributed by atoms with Gasteiger partial charge in [-0.2, -0.15) is 0 Å². The molecular weight excluding hydrogens is 317 g/mol. The molecule has 2 atom stereocenters. The van der Waals surface area contributed by atoms with Gasteiger partial charge in [-0.25, -0.2) is 4.39 Å². The highest BCUT2D eigenvalue weighted by atomic mass is 19.1. The molecule has 3 heterocycles. The summed E-state index contributed by atoms with van der Waals surface area (Å²) in [5.41, 5.74) is 3.17. The molecule has 0 saturated carbocycles. The van der Waals surface area contributed by atoms with Crippen molar-refractivity contribution < 1.29 is 9.18 Å². The molecule has 132 valence electrons. The van der Waals surface area contributed by atoms with Gasteiger partial charge in [-0.1, -0.05) is 18.2 Å². The minimum absolute atomic E-state index is 0.141. The molecule has 0 unspecified atom stereocenters. The Bertz CT molecular complexity index is 865. The number of amides is 1. The van der Waals surface area contributed by atoms with Crippen LogP contribution < -0.4 is 0 Å². The third kappa shape index (κ3) is 2.41. The molecule has 4 rings (SSSR count). The number of hydrogen-bond donors (Lipinski definition) is 0. The topological polar surface area (TPSA) is 28.5 Å². The van der Waals surface area contributed by atoms with Gasteiger partial charge in [0.2, 0.25) is 5.91 Å². The zero-order valence-corrected chi connectivity index (χ0v) is 15.0. The van der Waals surface area contributed by atoms with Crippen LogP contribution in [-0.4, -0.2) is 53.0 Å². The van der Waals surface area contributed by atoms with E-state index in [9.17, 15) is 9.18 Å². The number of hydrogen-bond acceptors (Lipinski definition) is 2. The van der Waals surface area contributed by atoms with Crippen molar-refractivity contribution >= 4 is 22.4 Å². The number of likely N-dealkylation sites (N-methyl/N-ethyl adjacent to an activating group) is 1. The van der Waals surface area contributed by atoms with Crippen molar-refractivity contribution in [3.8, 4) is 0 Å². The highest BCUT2D eigenvalue weighted by Gasteiger charge is 2.36. The van der Waals surface area contributed by atoms with Gasteiger partial charge in [-0.15, -0.1) is 0 Å². The standard InChI is InChI=1S/C20H24FN3O/c1-4-23(5-2)20(25)13-9-16-14-7-6-8-15-17(21)11-24(19(14)15)12-18(16)22(3)10-13/h6-9,11,13,18H,4-5,10,12H2,1-3H3/t13-,18-/m1/s1. The van der Waals surface area contributed by atoms with Crippen LogP contribution in [0, 0.1) is 11.7 Å². The number of carbonyl (C=O) groups is 1. The van der Waals surface area contributed by atoms with Gasteiger partial charge in [0.05, 0.1) is 17.5 Å². The molecule has 4 nitrogen and oxygen atoms in total. The molecule has 2 aromatic rings. The van der Waals surface area contributed by atoms with E-state index < -0.39 is 0 Å². The molecule has 2 aliphatic rings. The second-order valence-electron chi connectivity index (χ2n) is 7.03. The fraction of sp³-hybridized carbons (Fsp3) is 0.450. The van der Waals surface area contributed by atoms with Crippen molar-refractivity contribution in [2.75, 3.05) is 26.7 Å². The largest absolute Gasteiger partial charge is 0.343 e. The second kappa shape index (κ2) is 5.99. The molecule has 0 fully saturated rings. The molecule has 1 amide bonds. The number of fused-ring (bicyclic) bond motifs is 2.